The first-order valence-corrected chi connectivity index (χ1v) is 11.0. The first-order valence-electron chi connectivity index (χ1n) is 11.0. The summed E-state index contributed by atoms with van der Waals surface area (Å²) in [5.74, 6) is 0.0645. The summed E-state index contributed by atoms with van der Waals surface area (Å²) >= 11 is 0. The van der Waals surface area contributed by atoms with Crippen molar-refractivity contribution in [2.75, 3.05) is 32.7 Å². The van der Waals surface area contributed by atoms with E-state index in [-0.39, 0.29) is 12.1 Å². The molecule has 2 heterocycles. The molecule has 0 amide bonds. The Morgan fingerprint density at radius 2 is 1.77 bits per heavy atom. The molecule has 30 heavy (non-hydrogen) atoms. The second-order valence-electron chi connectivity index (χ2n) is 8.84. The molecule has 1 aliphatic carbocycles. The smallest absolute Gasteiger partial charge is 0.188 e. The van der Waals surface area contributed by atoms with Crippen molar-refractivity contribution in [3.63, 3.8) is 0 Å². The van der Waals surface area contributed by atoms with Crippen LogP contribution in [0.25, 0.3) is 6.08 Å². The molecule has 0 radical (unpaired) electrons. The number of hydrogen-bond acceptors (Lipinski definition) is 5. The van der Waals surface area contributed by atoms with Gasteiger partial charge in [-0.05, 0) is 30.0 Å². The predicted molar refractivity (Wildman–Crippen MR) is 118 cm³/mol. The Morgan fingerprint density at radius 1 is 1.03 bits per heavy atom. The fraction of sp³-hybridized carbons (Fsp3) is 0.440. The van der Waals surface area contributed by atoms with Crippen molar-refractivity contribution in [1.82, 2.24) is 9.80 Å². The first-order chi connectivity index (χ1) is 14.7. The molecule has 3 unspecified atom stereocenters. The fourth-order valence-corrected chi connectivity index (χ4v) is 5.29. The summed E-state index contributed by atoms with van der Waals surface area (Å²) in [7, 11) is 0. The molecule has 2 aromatic rings. The highest BCUT2D eigenvalue weighted by Crippen LogP contribution is 2.51. The minimum absolute atomic E-state index is 0.00261. The van der Waals surface area contributed by atoms with Gasteiger partial charge in [0.2, 0.25) is 0 Å². The van der Waals surface area contributed by atoms with Crippen LogP contribution in [-0.2, 0) is 11.2 Å². The number of nitrogens with one attached hydrogen (secondary N) is 1. The van der Waals surface area contributed by atoms with Gasteiger partial charge < -0.3 is 9.64 Å². The second-order valence-corrected chi connectivity index (χ2v) is 8.84. The zero-order chi connectivity index (χ0) is 20.6. The topological polar surface area (TPSA) is 51.9 Å². The molecule has 156 valence electrons. The zero-order valence-corrected chi connectivity index (χ0v) is 17.6. The molecule has 0 aromatic heterocycles. The number of hydrogen-bond donors (Lipinski definition) is 1. The molecule has 3 atom stereocenters. The monoisotopic (exact) mass is 402 g/mol. The van der Waals surface area contributed by atoms with E-state index in [0.29, 0.717) is 0 Å². The molecular weight excluding hydrogens is 372 g/mol. The molecule has 3 aliphatic rings. The number of ether oxygens (including phenoxy) is 1. The predicted octanol–water partition coefficient (Wildman–Crippen LogP) is 4.52. The van der Waals surface area contributed by atoms with Gasteiger partial charge in [-0.15, -0.1) is 0 Å². The van der Waals surface area contributed by atoms with E-state index < -0.39 is 5.72 Å². The molecule has 2 saturated heterocycles. The molecule has 5 rings (SSSR count). The standard InChI is InChI=1S/C25H30N4O/c1-25(27-26)24-21(17-20-9-5-6-10-22(20)24)18-23(30-25)29-15-13-28(14-16-29)12-11-19-7-3-2-4-8-19/h2-10,17,23-24,26H,11-16,18H2,1H3. The van der Waals surface area contributed by atoms with Crippen LogP contribution in [0.4, 0.5) is 0 Å². The maximum Gasteiger partial charge on any atom is 0.188 e. The van der Waals surface area contributed by atoms with Crippen LogP contribution < -0.4 is 0 Å². The van der Waals surface area contributed by atoms with Gasteiger partial charge in [-0.1, -0.05) is 66.2 Å². The minimum Gasteiger partial charge on any atom is -0.333 e. The molecule has 0 bridgehead atoms. The first kappa shape index (κ1) is 19.6. The van der Waals surface area contributed by atoms with Gasteiger partial charge in [0.25, 0.3) is 0 Å². The van der Waals surface area contributed by atoms with Crippen LogP contribution in [0.5, 0.6) is 0 Å². The Balaban J connectivity index is 1.23. The Kier molecular flexibility index (Phi) is 5.27. The highest BCUT2D eigenvalue weighted by Gasteiger charge is 2.49. The number of piperazine rings is 1. The Hall–Kier alpha value is -2.34. The summed E-state index contributed by atoms with van der Waals surface area (Å²) in [6.45, 7) is 7.19. The van der Waals surface area contributed by atoms with Crippen molar-refractivity contribution in [1.29, 1.82) is 5.53 Å². The SMILES string of the molecule is CC1(N=N)OC(N2CCN(CCc3ccccc3)CC2)CC2=Cc3ccccc3C21. The largest absolute Gasteiger partial charge is 0.333 e. The maximum absolute atomic E-state index is 7.91. The summed E-state index contributed by atoms with van der Waals surface area (Å²) < 4.78 is 6.51. The van der Waals surface area contributed by atoms with Gasteiger partial charge in [-0.3, -0.25) is 4.90 Å². The molecule has 5 heteroatoms. The van der Waals surface area contributed by atoms with E-state index in [2.05, 4.69) is 75.6 Å². The molecule has 2 aliphatic heterocycles. The van der Waals surface area contributed by atoms with Crippen LogP contribution in [0.1, 0.15) is 36.0 Å². The fourth-order valence-electron chi connectivity index (χ4n) is 5.29. The number of rotatable bonds is 5. The zero-order valence-electron chi connectivity index (χ0n) is 17.6. The third kappa shape index (κ3) is 3.62. The minimum atomic E-state index is -0.828. The quantitative estimate of drug-likeness (QED) is 0.748. The number of nitrogens with zero attached hydrogens (tertiary/aromatic N) is 3. The average Bonchev–Trinajstić information content (AvgIpc) is 3.18. The van der Waals surface area contributed by atoms with Crippen molar-refractivity contribution in [3.05, 3.63) is 76.9 Å². The summed E-state index contributed by atoms with van der Waals surface area (Å²) in [6, 6.07) is 19.2. The molecule has 2 fully saturated rings. The van der Waals surface area contributed by atoms with Gasteiger partial charge >= 0.3 is 0 Å². The van der Waals surface area contributed by atoms with E-state index in [9.17, 15) is 0 Å². The van der Waals surface area contributed by atoms with Gasteiger partial charge in [0.05, 0.1) is 5.92 Å². The van der Waals surface area contributed by atoms with Crippen LogP contribution in [-0.4, -0.2) is 54.5 Å². The maximum atomic E-state index is 7.91. The van der Waals surface area contributed by atoms with E-state index in [1.165, 1.54) is 22.3 Å². The van der Waals surface area contributed by atoms with Crippen LogP contribution in [0.15, 0.2) is 65.3 Å². The Morgan fingerprint density at radius 3 is 2.53 bits per heavy atom. The molecule has 1 N–H and O–H groups in total. The average molecular weight is 403 g/mol. The van der Waals surface area contributed by atoms with Crippen LogP contribution >= 0.6 is 0 Å². The van der Waals surface area contributed by atoms with Crippen molar-refractivity contribution in [2.24, 2.45) is 5.11 Å². The molecule has 0 saturated carbocycles. The van der Waals surface area contributed by atoms with Gasteiger partial charge in [0, 0.05) is 39.1 Å². The van der Waals surface area contributed by atoms with Gasteiger partial charge in [-0.25, -0.2) is 5.53 Å². The number of benzene rings is 2. The van der Waals surface area contributed by atoms with Crippen molar-refractivity contribution in [3.8, 4) is 0 Å². The van der Waals surface area contributed by atoms with Crippen molar-refractivity contribution >= 4 is 6.08 Å². The van der Waals surface area contributed by atoms with Gasteiger partial charge in [-0.2, -0.15) is 5.11 Å². The molecule has 5 nitrogen and oxygen atoms in total. The highest BCUT2D eigenvalue weighted by molar-refractivity contribution is 5.68. The van der Waals surface area contributed by atoms with E-state index in [1.54, 1.807) is 0 Å². The van der Waals surface area contributed by atoms with Crippen molar-refractivity contribution < 1.29 is 4.74 Å². The van der Waals surface area contributed by atoms with Crippen molar-refractivity contribution in [2.45, 2.75) is 37.6 Å². The summed E-state index contributed by atoms with van der Waals surface area (Å²) in [4.78, 5) is 5.00. The third-order valence-electron chi connectivity index (χ3n) is 6.93. The summed E-state index contributed by atoms with van der Waals surface area (Å²) in [5, 5.41) is 3.99. The lowest BCUT2D eigenvalue weighted by Crippen LogP contribution is -2.55. The third-order valence-corrected chi connectivity index (χ3v) is 6.93. The second kappa shape index (κ2) is 8.06. The van der Waals surface area contributed by atoms with Crippen LogP contribution in [0.2, 0.25) is 0 Å². The highest BCUT2D eigenvalue weighted by atomic mass is 16.5. The van der Waals surface area contributed by atoms with Gasteiger partial charge in [0.15, 0.2) is 5.72 Å². The number of fused-ring (bicyclic) bond motifs is 3. The van der Waals surface area contributed by atoms with E-state index in [1.807, 2.05) is 6.92 Å². The molecule has 2 aromatic carbocycles. The lowest BCUT2D eigenvalue weighted by Gasteiger charge is -2.47. The van der Waals surface area contributed by atoms with E-state index in [4.69, 9.17) is 10.3 Å². The Labute approximate surface area is 178 Å². The van der Waals surface area contributed by atoms with Gasteiger partial charge in [0.1, 0.15) is 6.23 Å². The normalized spacial score (nSPS) is 29.2. The molecular formula is C25H30N4O. The van der Waals surface area contributed by atoms with E-state index in [0.717, 1.165) is 45.6 Å². The summed E-state index contributed by atoms with van der Waals surface area (Å²) in [5.41, 5.74) is 12.3. The van der Waals surface area contributed by atoms with Crippen LogP contribution in [0, 0.1) is 5.53 Å². The Bertz CT molecular complexity index is 935. The lowest BCUT2D eigenvalue weighted by atomic mass is 9.82. The van der Waals surface area contributed by atoms with Crippen LogP contribution in [0.3, 0.4) is 0 Å². The lowest BCUT2D eigenvalue weighted by molar-refractivity contribution is -0.177. The summed E-state index contributed by atoms with van der Waals surface area (Å²) in [6.07, 6.45) is 4.30. The van der Waals surface area contributed by atoms with E-state index >= 15 is 0 Å². The molecule has 0 spiro atoms.